The maximum Gasteiger partial charge on any atom is 0.161 e. The van der Waals surface area contributed by atoms with Crippen molar-refractivity contribution >= 4 is 0 Å². The van der Waals surface area contributed by atoms with E-state index in [4.69, 9.17) is 4.74 Å². The van der Waals surface area contributed by atoms with Crippen LogP contribution < -0.4 is 5.32 Å². The molecule has 0 bridgehead atoms. The van der Waals surface area contributed by atoms with Gasteiger partial charge in [-0.05, 0) is 18.2 Å². The average Bonchev–Trinajstić information content (AvgIpc) is 2.68. The Morgan fingerprint density at radius 3 is 2.67 bits per heavy atom. The highest BCUT2D eigenvalue weighted by atomic mass is 19.1. The van der Waals surface area contributed by atoms with Crippen LogP contribution in [0.25, 0.3) is 0 Å². The number of rotatable bonds is 3. The highest BCUT2D eigenvalue weighted by Gasteiger charge is 2.36. The second-order valence-electron chi connectivity index (χ2n) is 4.00. The van der Waals surface area contributed by atoms with Gasteiger partial charge in [-0.3, -0.25) is 0 Å². The Morgan fingerprint density at radius 2 is 2.13 bits per heavy atom. The van der Waals surface area contributed by atoms with E-state index in [1.807, 2.05) is 31.3 Å². The normalized spacial score (nSPS) is 25.7. The molecule has 2 rings (SSSR count). The van der Waals surface area contributed by atoms with Gasteiger partial charge < -0.3 is 10.1 Å². The lowest BCUT2D eigenvalue weighted by Crippen LogP contribution is -2.19. The lowest BCUT2D eigenvalue weighted by molar-refractivity contribution is 0.112. The minimum atomic E-state index is -1.27. The monoisotopic (exact) mass is 209 g/mol. The molecule has 1 fully saturated rings. The third kappa shape index (κ3) is 2.19. The Morgan fingerprint density at radius 1 is 1.40 bits per heavy atom. The van der Waals surface area contributed by atoms with Crippen LogP contribution in [0.4, 0.5) is 4.39 Å². The fourth-order valence-electron chi connectivity index (χ4n) is 1.89. The Kier molecular flexibility index (Phi) is 3.03. The molecule has 1 unspecified atom stereocenters. The van der Waals surface area contributed by atoms with Crippen molar-refractivity contribution in [1.29, 1.82) is 0 Å². The number of nitrogens with one attached hydrogen (secondary N) is 1. The first-order valence-corrected chi connectivity index (χ1v) is 5.25. The first kappa shape index (κ1) is 10.6. The molecule has 82 valence electrons. The van der Waals surface area contributed by atoms with Crippen LogP contribution in [0.1, 0.15) is 17.5 Å². The molecule has 0 amide bonds. The second-order valence-corrected chi connectivity index (χ2v) is 4.00. The zero-order valence-corrected chi connectivity index (χ0v) is 8.92. The molecular formula is C12H16FNO. The minimum absolute atomic E-state index is 0.193. The van der Waals surface area contributed by atoms with Crippen molar-refractivity contribution in [2.24, 2.45) is 0 Å². The minimum Gasteiger partial charge on any atom is -0.378 e. The van der Waals surface area contributed by atoms with E-state index in [0.717, 1.165) is 12.1 Å². The van der Waals surface area contributed by atoms with Gasteiger partial charge in [-0.2, -0.15) is 0 Å². The van der Waals surface area contributed by atoms with E-state index >= 15 is 0 Å². The molecule has 1 aliphatic rings. The fraction of sp³-hybridized carbons (Fsp3) is 0.500. The standard InChI is InChI=1S/C12H16FNO/c1-14-8-10-2-4-11(5-3-10)12(13)6-7-15-9-12/h2-5,14H,6-9H2,1H3. The summed E-state index contributed by atoms with van der Waals surface area (Å²) in [5.41, 5.74) is 0.640. The summed E-state index contributed by atoms with van der Waals surface area (Å²) in [6, 6.07) is 7.65. The van der Waals surface area contributed by atoms with E-state index in [1.165, 1.54) is 5.56 Å². The van der Waals surface area contributed by atoms with Crippen LogP contribution in [0.15, 0.2) is 24.3 Å². The summed E-state index contributed by atoms with van der Waals surface area (Å²) in [5, 5.41) is 3.06. The van der Waals surface area contributed by atoms with Crippen molar-refractivity contribution in [2.45, 2.75) is 18.6 Å². The van der Waals surface area contributed by atoms with E-state index in [9.17, 15) is 4.39 Å². The van der Waals surface area contributed by atoms with Gasteiger partial charge >= 0.3 is 0 Å². The lowest BCUT2D eigenvalue weighted by atomic mass is 9.94. The summed E-state index contributed by atoms with van der Waals surface area (Å²) in [6.45, 7) is 1.53. The summed E-state index contributed by atoms with van der Waals surface area (Å²) in [6.07, 6.45) is 0.471. The van der Waals surface area contributed by atoms with Crippen LogP contribution in [0, 0.1) is 0 Å². The molecule has 1 atom stereocenters. The van der Waals surface area contributed by atoms with Crippen LogP contribution in [-0.4, -0.2) is 20.3 Å². The van der Waals surface area contributed by atoms with E-state index < -0.39 is 5.67 Å². The average molecular weight is 209 g/mol. The van der Waals surface area contributed by atoms with Crippen molar-refractivity contribution in [1.82, 2.24) is 5.32 Å². The third-order valence-electron chi connectivity index (χ3n) is 2.83. The molecule has 15 heavy (non-hydrogen) atoms. The van der Waals surface area contributed by atoms with Gasteiger partial charge in [0.1, 0.15) is 0 Å². The molecule has 1 aromatic rings. The van der Waals surface area contributed by atoms with Gasteiger partial charge in [-0.25, -0.2) is 4.39 Å². The first-order valence-electron chi connectivity index (χ1n) is 5.25. The molecule has 0 radical (unpaired) electrons. The second kappa shape index (κ2) is 4.29. The number of halogens is 1. The van der Waals surface area contributed by atoms with E-state index in [2.05, 4.69) is 5.32 Å². The van der Waals surface area contributed by atoms with Crippen molar-refractivity contribution in [3.8, 4) is 0 Å². The van der Waals surface area contributed by atoms with E-state index in [-0.39, 0.29) is 6.61 Å². The molecule has 0 aliphatic carbocycles. The van der Waals surface area contributed by atoms with Gasteiger partial charge in [0.05, 0.1) is 13.2 Å². The summed E-state index contributed by atoms with van der Waals surface area (Å²) in [4.78, 5) is 0. The fourth-order valence-corrected chi connectivity index (χ4v) is 1.89. The molecule has 1 aromatic carbocycles. The summed E-state index contributed by atoms with van der Waals surface area (Å²) in [7, 11) is 1.90. The van der Waals surface area contributed by atoms with Crippen molar-refractivity contribution in [3.63, 3.8) is 0 Å². The number of ether oxygens (including phenoxy) is 1. The molecule has 1 aliphatic heterocycles. The lowest BCUT2D eigenvalue weighted by Gasteiger charge is -2.17. The molecule has 2 nitrogen and oxygen atoms in total. The van der Waals surface area contributed by atoms with Gasteiger partial charge in [0.2, 0.25) is 0 Å². The highest BCUT2D eigenvalue weighted by molar-refractivity contribution is 5.28. The van der Waals surface area contributed by atoms with Gasteiger partial charge in [-0.1, -0.05) is 24.3 Å². The topological polar surface area (TPSA) is 21.3 Å². The maximum atomic E-state index is 14.2. The number of hydrogen-bond donors (Lipinski definition) is 1. The zero-order valence-electron chi connectivity index (χ0n) is 8.92. The Balaban J connectivity index is 2.15. The Hall–Kier alpha value is -0.930. The van der Waals surface area contributed by atoms with E-state index in [1.54, 1.807) is 0 Å². The molecule has 0 spiro atoms. The SMILES string of the molecule is CNCc1ccc(C2(F)CCOC2)cc1. The Labute approximate surface area is 89.4 Å². The summed E-state index contributed by atoms with van der Waals surface area (Å²) < 4.78 is 19.3. The van der Waals surface area contributed by atoms with E-state index in [0.29, 0.717) is 13.0 Å². The number of alkyl halides is 1. The molecule has 0 saturated carbocycles. The van der Waals surface area contributed by atoms with Crippen LogP contribution in [0.2, 0.25) is 0 Å². The quantitative estimate of drug-likeness (QED) is 0.822. The van der Waals surface area contributed by atoms with Crippen LogP contribution in [0.5, 0.6) is 0 Å². The van der Waals surface area contributed by atoms with Crippen LogP contribution in [-0.2, 0) is 17.0 Å². The van der Waals surface area contributed by atoms with Crippen molar-refractivity contribution in [3.05, 3.63) is 35.4 Å². The predicted octanol–water partition coefficient (Wildman–Crippen LogP) is 1.99. The maximum absolute atomic E-state index is 14.2. The van der Waals surface area contributed by atoms with Gasteiger partial charge in [0.25, 0.3) is 0 Å². The number of hydrogen-bond acceptors (Lipinski definition) is 2. The van der Waals surface area contributed by atoms with Crippen LogP contribution >= 0.6 is 0 Å². The molecule has 1 saturated heterocycles. The molecule has 3 heteroatoms. The molecule has 1 N–H and O–H groups in total. The molecular weight excluding hydrogens is 193 g/mol. The molecule has 1 heterocycles. The van der Waals surface area contributed by atoms with Crippen LogP contribution in [0.3, 0.4) is 0 Å². The van der Waals surface area contributed by atoms with Crippen molar-refractivity contribution < 1.29 is 9.13 Å². The third-order valence-corrected chi connectivity index (χ3v) is 2.83. The van der Waals surface area contributed by atoms with Gasteiger partial charge in [0.15, 0.2) is 5.67 Å². The van der Waals surface area contributed by atoms with Gasteiger partial charge in [0, 0.05) is 13.0 Å². The molecule has 0 aromatic heterocycles. The smallest absolute Gasteiger partial charge is 0.161 e. The first-order chi connectivity index (χ1) is 7.24. The largest absolute Gasteiger partial charge is 0.378 e. The zero-order chi connectivity index (χ0) is 10.7. The van der Waals surface area contributed by atoms with Gasteiger partial charge in [-0.15, -0.1) is 0 Å². The Bertz CT molecular complexity index is 317. The number of benzene rings is 1. The highest BCUT2D eigenvalue weighted by Crippen LogP contribution is 2.34. The predicted molar refractivity (Wildman–Crippen MR) is 57.4 cm³/mol. The summed E-state index contributed by atoms with van der Waals surface area (Å²) >= 11 is 0. The van der Waals surface area contributed by atoms with Crippen molar-refractivity contribution in [2.75, 3.05) is 20.3 Å². The summed E-state index contributed by atoms with van der Waals surface area (Å²) in [5.74, 6) is 0.